The molecule has 26 heavy (non-hydrogen) atoms. The third-order valence-corrected chi connectivity index (χ3v) is 4.54. The second-order valence-corrected chi connectivity index (χ2v) is 6.68. The Labute approximate surface area is 153 Å². The Morgan fingerprint density at radius 3 is 2.12 bits per heavy atom. The van der Waals surface area contributed by atoms with Gasteiger partial charge in [-0.2, -0.15) is 0 Å². The second-order valence-electron chi connectivity index (χ2n) is 6.68. The van der Waals surface area contributed by atoms with Gasteiger partial charge in [0.25, 0.3) is 0 Å². The molecule has 0 N–H and O–H groups in total. The van der Waals surface area contributed by atoms with Crippen molar-refractivity contribution in [2.24, 2.45) is 5.41 Å². The molecular weight excluding hydrogens is 332 g/mol. The molecule has 0 amide bonds. The Morgan fingerprint density at radius 2 is 1.58 bits per heavy atom. The third-order valence-electron chi connectivity index (χ3n) is 4.54. The highest BCUT2D eigenvalue weighted by atomic mass is 16.6. The average molecular weight is 356 g/mol. The van der Waals surface area contributed by atoms with Crippen molar-refractivity contribution in [2.45, 2.75) is 20.3 Å². The predicted molar refractivity (Wildman–Crippen MR) is 97.7 cm³/mol. The molecule has 2 aromatic carbocycles. The lowest BCUT2D eigenvalue weighted by molar-refractivity contribution is -0.171. The monoisotopic (exact) mass is 356 g/mol. The molecule has 0 atom stereocenters. The molecule has 3 rings (SSSR count). The Kier molecular flexibility index (Phi) is 5.78. The molecule has 1 aliphatic heterocycles. The van der Waals surface area contributed by atoms with Gasteiger partial charge in [-0.1, -0.05) is 24.6 Å². The fraction of sp³-hybridized carbons (Fsp3) is 0.381. The highest BCUT2D eigenvalue weighted by Gasteiger charge is 2.38. The topological polar surface area (TPSA) is 54.0 Å². The summed E-state index contributed by atoms with van der Waals surface area (Å²) in [5.74, 6) is 1.71. The predicted octanol–water partition coefficient (Wildman–Crippen LogP) is 4.14. The van der Waals surface area contributed by atoms with Crippen LogP contribution in [0, 0.1) is 12.3 Å². The molecule has 5 heteroatoms. The fourth-order valence-corrected chi connectivity index (χ4v) is 2.54. The zero-order valence-electron chi connectivity index (χ0n) is 15.2. The van der Waals surface area contributed by atoms with E-state index in [1.807, 2.05) is 31.2 Å². The van der Waals surface area contributed by atoms with Crippen LogP contribution >= 0.6 is 0 Å². The van der Waals surface area contributed by atoms with Gasteiger partial charge in [0.1, 0.15) is 23.9 Å². The lowest BCUT2D eigenvalue weighted by atomic mass is 9.84. The first kappa shape index (κ1) is 18.3. The van der Waals surface area contributed by atoms with Gasteiger partial charge >= 0.3 is 5.97 Å². The molecule has 0 aliphatic carbocycles. The van der Waals surface area contributed by atoms with Crippen molar-refractivity contribution in [3.05, 3.63) is 54.1 Å². The summed E-state index contributed by atoms with van der Waals surface area (Å²) in [5.41, 5.74) is 1.17. The van der Waals surface area contributed by atoms with Crippen LogP contribution in [0.1, 0.15) is 18.9 Å². The fourth-order valence-electron chi connectivity index (χ4n) is 2.54. The molecule has 5 nitrogen and oxygen atoms in total. The number of hydrogen-bond acceptors (Lipinski definition) is 5. The first-order valence-corrected chi connectivity index (χ1v) is 8.79. The molecule has 1 heterocycles. The van der Waals surface area contributed by atoms with Crippen molar-refractivity contribution in [1.29, 1.82) is 0 Å². The first-order valence-electron chi connectivity index (χ1n) is 8.79. The van der Waals surface area contributed by atoms with Crippen LogP contribution in [-0.2, 0) is 14.3 Å². The zero-order chi connectivity index (χ0) is 18.4. The van der Waals surface area contributed by atoms with Gasteiger partial charge in [-0.15, -0.1) is 0 Å². The lowest BCUT2D eigenvalue weighted by Crippen LogP contribution is -2.46. The van der Waals surface area contributed by atoms with Crippen LogP contribution in [0.25, 0.3) is 0 Å². The molecule has 1 aliphatic rings. The molecule has 138 valence electrons. The van der Waals surface area contributed by atoms with Crippen LogP contribution in [0.4, 0.5) is 0 Å². The third kappa shape index (κ3) is 4.76. The van der Waals surface area contributed by atoms with Crippen molar-refractivity contribution in [1.82, 2.24) is 0 Å². The minimum atomic E-state index is -0.371. The van der Waals surface area contributed by atoms with Gasteiger partial charge < -0.3 is 18.9 Å². The summed E-state index contributed by atoms with van der Waals surface area (Å²) < 4.78 is 21.8. The number of carbonyl (C=O) groups is 1. The molecule has 0 radical (unpaired) electrons. The van der Waals surface area contributed by atoms with Crippen molar-refractivity contribution >= 4 is 5.97 Å². The lowest BCUT2D eigenvalue weighted by Gasteiger charge is -2.39. The molecule has 0 saturated carbocycles. The van der Waals surface area contributed by atoms with E-state index in [-0.39, 0.29) is 18.0 Å². The number of hydrogen-bond donors (Lipinski definition) is 0. The Morgan fingerprint density at radius 1 is 1.00 bits per heavy atom. The highest BCUT2D eigenvalue weighted by Crippen LogP contribution is 2.31. The van der Waals surface area contributed by atoms with E-state index in [0.29, 0.717) is 31.3 Å². The number of benzene rings is 2. The summed E-state index contributed by atoms with van der Waals surface area (Å²) in [4.78, 5) is 11.8. The Balaban J connectivity index is 1.43. The maximum absolute atomic E-state index is 11.8. The summed E-state index contributed by atoms with van der Waals surface area (Å²) >= 11 is 0. The van der Waals surface area contributed by atoms with Gasteiger partial charge in [-0.25, -0.2) is 4.79 Å². The van der Waals surface area contributed by atoms with Crippen LogP contribution in [0.15, 0.2) is 48.5 Å². The van der Waals surface area contributed by atoms with Crippen LogP contribution in [0.5, 0.6) is 17.2 Å². The summed E-state index contributed by atoms with van der Waals surface area (Å²) in [6, 6.07) is 15.0. The smallest absolute Gasteiger partial charge is 0.344 e. The minimum Gasteiger partial charge on any atom is -0.482 e. The summed E-state index contributed by atoms with van der Waals surface area (Å²) in [6.07, 6.45) is 0.934. The summed E-state index contributed by atoms with van der Waals surface area (Å²) in [7, 11) is 0. The molecule has 0 unspecified atom stereocenters. The number of aryl methyl sites for hydroxylation is 1. The largest absolute Gasteiger partial charge is 0.482 e. The second kappa shape index (κ2) is 8.23. The molecule has 1 fully saturated rings. The van der Waals surface area contributed by atoms with Gasteiger partial charge in [0, 0.05) is 0 Å². The number of carbonyl (C=O) groups excluding carboxylic acids is 1. The van der Waals surface area contributed by atoms with Gasteiger partial charge in [-0.05, 0) is 49.7 Å². The van der Waals surface area contributed by atoms with E-state index in [0.717, 1.165) is 12.2 Å². The minimum absolute atomic E-state index is 0.00930. The van der Waals surface area contributed by atoms with Crippen molar-refractivity contribution in [2.75, 3.05) is 26.4 Å². The number of esters is 1. The van der Waals surface area contributed by atoms with Gasteiger partial charge in [0.05, 0.1) is 18.6 Å². The van der Waals surface area contributed by atoms with Crippen LogP contribution < -0.4 is 9.47 Å². The van der Waals surface area contributed by atoms with E-state index < -0.39 is 0 Å². The van der Waals surface area contributed by atoms with E-state index in [1.54, 1.807) is 24.3 Å². The molecule has 0 spiro atoms. The maximum atomic E-state index is 11.8. The van der Waals surface area contributed by atoms with Gasteiger partial charge in [0.2, 0.25) is 0 Å². The first-order chi connectivity index (χ1) is 12.6. The normalized spacial score (nSPS) is 15.0. The standard InChI is InChI=1S/C21H24O5/c1-3-21(13-23-14-21)15-25-20(22)12-24-17-8-10-19(11-9-17)26-18-6-4-16(2)5-7-18/h4-11H,3,12-15H2,1-2H3. The van der Waals surface area contributed by atoms with Crippen LogP contribution in [-0.4, -0.2) is 32.4 Å². The molecule has 1 saturated heterocycles. The van der Waals surface area contributed by atoms with Gasteiger partial charge in [0.15, 0.2) is 6.61 Å². The highest BCUT2D eigenvalue weighted by molar-refractivity contribution is 5.71. The van der Waals surface area contributed by atoms with Gasteiger partial charge in [-0.3, -0.25) is 0 Å². The molecule has 0 aromatic heterocycles. The van der Waals surface area contributed by atoms with E-state index in [9.17, 15) is 4.79 Å². The molecule has 2 aromatic rings. The summed E-state index contributed by atoms with van der Waals surface area (Å²) in [6.45, 7) is 5.68. The zero-order valence-corrected chi connectivity index (χ0v) is 15.2. The van der Waals surface area contributed by atoms with E-state index >= 15 is 0 Å². The van der Waals surface area contributed by atoms with Crippen molar-refractivity contribution < 1.29 is 23.7 Å². The van der Waals surface area contributed by atoms with E-state index in [1.165, 1.54) is 5.56 Å². The number of rotatable bonds is 8. The Bertz CT molecular complexity index is 712. The van der Waals surface area contributed by atoms with Crippen LogP contribution in [0.2, 0.25) is 0 Å². The molecular formula is C21H24O5. The van der Waals surface area contributed by atoms with E-state index in [2.05, 4.69) is 6.92 Å². The van der Waals surface area contributed by atoms with Crippen LogP contribution in [0.3, 0.4) is 0 Å². The summed E-state index contributed by atoms with van der Waals surface area (Å²) in [5, 5.41) is 0. The maximum Gasteiger partial charge on any atom is 0.344 e. The molecule has 0 bridgehead atoms. The quantitative estimate of drug-likeness (QED) is 0.666. The Hall–Kier alpha value is -2.53. The van der Waals surface area contributed by atoms with Crippen molar-refractivity contribution in [3.63, 3.8) is 0 Å². The number of ether oxygens (including phenoxy) is 4. The van der Waals surface area contributed by atoms with Crippen molar-refractivity contribution in [3.8, 4) is 17.2 Å². The average Bonchev–Trinajstić information content (AvgIpc) is 2.62. The SMILES string of the molecule is CCC1(COC(=O)COc2ccc(Oc3ccc(C)cc3)cc2)COC1. The van der Waals surface area contributed by atoms with E-state index in [4.69, 9.17) is 18.9 Å².